The van der Waals surface area contributed by atoms with Crippen molar-refractivity contribution in [1.29, 1.82) is 0 Å². The van der Waals surface area contributed by atoms with E-state index in [0.29, 0.717) is 18.4 Å². The van der Waals surface area contributed by atoms with Crippen molar-refractivity contribution in [2.24, 2.45) is 5.73 Å². The molecule has 1 amide bonds. The van der Waals surface area contributed by atoms with Crippen LogP contribution in [0, 0.1) is 0 Å². The van der Waals surface area contributed by atoms with Crippen LogP contribution in [0.4, 0.5) is 0 Å². The number of ether oxygens (including phenoxy) is 1. The van der Waals surface area contributed by atoms with E-state index in [1.807, 2.05) is 0 Å². The summed E-state index contributed by atoms with van der Waals surface area (Å²) in [6.07, 6.45) is 5.03. The van der Waals surface area contributed by atoms with Crippen molar-refractivity contribution in [3.8, 4) is 0 Å². The number of hydrogen-bond donors (Lipinski definition) is 2. The van der Waals surface area contributed by atoms with Gasteiger partial charge in [-0.25, -0.2) is 0 Å². The van der Waals surface area contributed by atoms with E-state index in [-0.39, 0.29) is 11.3 Å². The highest BCUT2D eigenvalue weighted by Gasteiger charge is 2.39. The Kier molecular flexibility index (Phi) is 8.48. The molecule has 0 spiro atoms. The Morgan fingerprint density at radius 3 is 2.03 bits per heavy atom. The Balaban J connectivity index is 2.36. The van der Waals surface area contributed by atoms with Gasteiger partial charge in [-0.05, 0) is 48.3 Å². The molecule has 0 heterocycles. The monoisotopic (exact) mass is 416 g/mol. The highest BCUT2D eigenvalue weighted by Crippen LogP contribution is 2.45. The summed E-state index contributed by atoms with van der Waals surface area (Å²) in [5, 5.41) is 3.12. The van der Waals surface area contributed by atoms with Crippen LogP contribution < -0.4 is 11.1 Å². The van der Waals surface area contributed by atoms with Gasteiger partial charge in [0.25, 0.3) is 0 Å². The fourth-order valence-corrected chi connectivity index (χ4v) is 4.83. The van der Waals surface area contributed by atoms with Crippen molar-refractivity contribution < 1.29 is 14.3 Å². The first-order valence-electron chi connectivity index (χ1n) is 11.4. The maximum Gasteiger partial charge on any atom is 0.302 e. The maximum absolute atomic E-state index is 12.8. The fraction of sp³-hybridized carbons (Fsp3) is 0.680. The van der Waals surface area contributed by atoms with Gasteiger partial charge in [0.05, 0.1) is 0 Å². The molecular formula is C25H40N2O3. The van der Waals surface area contributed by atoms with E-state index in [1.54, 1.807) is 6.92 Å². The molecule has 1 aliphatic carbocycles. The van der Waals surface area contributed by atoms with E-state index in [4.69, 9.17) is 10.5 Å². The summed E-state index contributed by atoms with van der Waals surface area (Å²) in [6, 6.07) is 5.79. The number of amides is 1. The Hall–Kier alpha value is -1.88. The number of carbonyl (C=O) groups is 2. The Bertz CT molecular complexity index is 710. The third-order valence-electron chi connectivity index (χ3n) is 6.48. The van der Waals surface area contributed by atoms with E-state index in [2.05, 4.69) is 51.2 Å². The molecule has 0 radical (unpaired) electrons. The zero-order valence-corrected chi connectivity index (χ0v) is 19.6. The molecule has 2 rings (SSSR count). The minimum Gasteiger partial charge on any atom is -0.461 e. The summed E-state index contributed by atoms with van der Waals surface area (Å²) in [7, 11) is 0. The van der Waals surface area contributed by atoms with Crippen molar-refractivity contribution in [1.82, 2.24) is 5.32 Å². The zero-order chi connectivity index (χ0) is 22.5. The number of carbonyl (C=O) groups excluding carboxylic acids is 2. The summed E-state index contributed by atoms with van der Waals surface area (Å²) in [5.74, 6) is 0.141. The fourth-order valence-electron chi connectivity index (χ4n) is 4.83. The van der Waals surface area contributed by atoms with Gasteiger partial charge in [0.2, 0.25) is 5.91 Å². The van der Waals surface area contributed by atoms with Gasteiger partial charge in [0, 0.05) is 18.9 Å². The first-order chi connectivity index (χ1) is 14.1. The third kappa shape index (κ3) is 5.63. The average Bonchev–Trinajstić information content (AvgIpc) is 2.70. The SMILES string of the molecule is CC(=O)O[C@H](C)[C@H](N)C(=O)NCC1(c2c(C(C)C)cccc2C(C)C)CCCCC1. The van der Waals surface area contributed by atoms with Crippen LogP contribution in [-0.2, 0) is 19.7 Å². The second-order valence-electron chi connectivity index (χ2n) is 9.52. The van der Waals surface area contributed by atoms with Gasteiger partial charge in [-0.2, -0.15) is 0 Å². The number of esters is 1. The van der Waals surface area contributed by atoms with Gasteiger partial charge in [-0.1, -0.05) is 65.2 Å². The second kappa shape index (κ2) is 10.4. The summed E-state index contributed by atoms with van der Waals surface area (Å²) in [5.41, 5.74) is 10.2. The second-order valence-corrected chi connectivity index (χ2v) is 9.52. The number of rotatable bonds is 8. The lowest BCUT2D eigenvalue weighted by atomic mass is 9.64. The third-order valence-corrected chi connectivity index (χ3v) is 6.48. The van der Waals surface area contributed by atoms with Gasteiger partial charge < -0.3 is 15.8 Å². The van der Waals surface area contributed by atoms with Crippen LogP contribution in [0.15, 0.2) is 18.2 Å². The molecule has 1 fully saturated rings. The maximum atomic E-state index is 12.8. The average molecular weight is 417 g/mol. The molecule has 1 aromatic carbocycles. The predicted octanol–water partition coefficient (Wildman–Crippen LogP) is 4.53. The minimum absolute atomic E-state index is 0.0846. The zero-order valence-electron chi connectivity index (χ0n) is 19.6. The minimum atomic E-state index is -0.876. The van der Waals surface area contributed by atoms with Crippen molar-refractivity contribution in [2.75, 3.05) is 6.54 Å². The standard InChI is InChI=1S/C25H40N2O3/c1-16(2)20-11-10-12-21(17(3)4)22(20)25(13-8-7-9-14-25)15-27-24(29)23(26)18(5)30-19(6)28/h10-12,16-18,23H,7-9,13-15,26H2,1-6H3,(H,27,29)/t18-,23+/m1/s1. The lowest BCUT2D eigenvalue weighted by molar-refractivity contribution is -0.147. The molecule has 30 heavy (non-hydrogen) atoms. The van der Waals surface area contributed by atoms with Crippen molar-refractivity contribution in [3.05, 3.63) is 34.9 Å². The molecular weight excluding hydrogens is 376 g/mol. The van der Waals surface area contributed by atoms with Crippen LogP contribution in [0.5, 0.6) is 0 Å². The molecule has 1 aromatic rings. The molecule has 0 bridgehead atoms. The first-order valence-corrected chi connectivity index (χ1v) is 11.4. The Morgan fingerprint density at radius 1 is 1.03 bits per heavy atom. The predicted molar refractivity (Wildman–Crippen MR) is 122 cm³/mol. The smallest absolute Gasteiger partial charge is 0.302 e. The Morgan fingerprint density at radius 2 is 1.57 bits per heavy atom. The van der Waals surface area contributed by atoms with E-state index in [0.717, 1.165) is 25.7 Å². The van der Waals surface area contributed by atoms with Crippen LogP contribution in [-0.4, -0.2) is 30.6 Å². The molecule has 0 aliphatic heterocycles. The summed E-state index contributed by atoms with van der Waals surface area (Å²) >= 11 is 0. The van der Waals surface area contributed by atoms with Crippen molar-refractivity contribution in [3.63, 3.8) is 0 Å². The summed E-state index contributed by atoms with van der Waals surface area (Å²) < 4.78 is 5.11. The van der Waals surface area contributed by atoms with Gasteiger partial charge in [-0.15, -0.1) is 0 Å². The van der Waals surface area contributed by atoms with Gasteiger partial charge in [0.15, 0.2) is 0 Å². The lowest BCUT2D eigenvalue weighted by Gasteiger charge is -2.42. The summed E-state index contributed by atoms with van der Waals surface area (Å²) in [4.78, 5) is 24.0. The molecule has 168 valence electrons. The molecule has 5 nitrogen and oxygen atoms in total. The van der Waals surface area contributed by atoms with Crippen LogP contribution in [0.3, 0.4) is 0 Å². The number of benzene rings is 1. The van der Waals surface area contributed by atoms with Gasteiger partial charge >= 0.3 is 5.97 Å². The van der Waals surface area contributed by atoms with E-state index in [9.17, 15) is 9.59 Å². The molecule has 1 aliphatic rings. The van der Waals surface area contributed by atoms with E-state index >= 15 is 0 Å². The molecule has 2 atom stereocenters. The van der Waals surface area contributed by atoms with Gasteiger partial charge in [0.1, 0.15) is 12.1 Å². The quantitative estimate of drug-likeness (QED) is 0.610. The van der Waals surface area contributed by atoms with Crippen LogP contribution in [0.2, 0.25) is 0 Å². The summed E-state index contributed by atoms with van der Waals surface area (Å²) in [6.45, 7) is 12.5. The highest BCUT2D eigenvalue weighted by atomic mass is 16.5. The highest BCUT2D eigenvalue weighted by molar-refractivity contribution is 5.82. The Labute approximate surface area is 182 Å². The van der Waals surface area contributed by atoms with Crippen molar-refractivity contribution >= 4 is 11.9 Å². The van der Waals surface area contributed by atoms with Crippen LogP contribution in [0.25, 0.3) is 0 Å². The normalized spacial score (nSPS) is 18.2. The van der Waals surface area contributed by atoms with Gasteiger partial charge in [-0.3, -0.25) is 9.59 Å². The number of nitrogens with one attached hydrogen (secondary N) is 1. The van der Waals surface area contributed by atoms with Crippen LogP contribution in [0.1, 0.15) is 102 Å². The molecule has 1 saturated carbocycles. The van der Waals surface area contributed by atoms with Crippen molar-refractivity contribution in [2.45, 2.75) is 103 Å². The number of nitrogens with two attached hydrogens (primary N) is 1. The first kappa shape index (κ1) is 24.4. The van der Waals surface area contributed by atoms with E-state index in [1.165, 1.54) is 30.0 Å². The largest absolute Gasteiger partial charge is 0.461 e. The molecule has 0 saturated heterocycles. The number of hydrogen-bond acceptors (Lipinski definition) is 4. The molecule has 5 heteroatoms. The van der Waals surface area contributed by atoms with E-state index < -0.39 is 18.1 Å². The molecule has 0 aromatic heterocycles. The lowest BCUT2D eigenvalue weighted by Crippen LogP contribution is -2.52. The molecule has 0 unspecified atom stereocenters. The topological polar surface area (TPSA) is 81.4 Å². The molecule has 3 N–H and O–H groups in total. The van der Waals surface area contributed by atoms with Crippen LogP contribution >= 0.6 is 0 Å².